The Morgan fingerprint density at radius 1 is 1.19 bits per heavy atom. The first-order valence-electron chi connectivity index (χ1n) is 9.41. The van der Waals surface area contributed by atoms with Gasteiger partial charge in [-0.3, -0.25) is 24.7 Å². The van der Waals surface area contributed by atoms with Gasteiger partial charge in [-0.1, -0.05) is 23.2 Å². The Morgan fingerprint density at radius 2 is 1.77 bits per heavy atom. The third-order valence-corrected chi connectivity index (χ3v) is 5.85. The van der Waals surface area contributed by atoms with Crippen LogP contribution in [0.25, 0.3) is 0 Å². The Balaban J connectivity index is 1.77. The topological polar surface area (TPSA) is 88.2 Å². The highest BCUT2D eigenvalue weighted by molar-refractivity contribution is 6.36. The number of rotatable bonds is 5. The standard InChI is InChI=1S/C21H19Cl2F2N3O3/c1-21(2,18-14(24)8-26-9-15(18)25)20(31)27-7-10-5-12(22)17(13(23)6-10)11-3-4-16(29)28-19(11)30/h5-6,8-9,11H,3-4,7H2,1-2H3,(H,27,31)(H,28,29,30). The van der Waals surface area contributed by atoms with E-state index in [9.17, 15) is 23.2 Å². The molecule has 1 aromatic carbocycles. The second-order valence-corrected chi connectivity index (χ2v) is 8.58. The van der Waals surface area contributed by atoms with Crippen molar-refractivity contribution in [3.05, 3.63) is 62.9 Å². The summed E-state index contributed by atoms with van der Waals surface area (Å²) in [6, 6.07) is 3.10. The lowest BCUT2D eigenvalue weighted by molar-refractivity contribution is -0.134. The molecule has 31 heavy (non-hydrogen) atoms. The Hall–Kier alpha value is -2.58. The summed E-state index contributed by atoms with van der Waals surface area (Å²) in [5.41, 5.74) is -0.947. The summed E-state index contributed by atoms with van der Waals surface area (Å²) >= 11 is 12.7. The minimum Gasteiger partial charge on any atom is -0.351 e. The first-order chi connectivity index (χ1) is 14.5. The van der Waals surface area contributed by atoms with Crippen LogP contribution in [0.3, 0.4) is 0 Å². The van der Waals surface area contributed by atoms with Crippen LogP contribution in [0.2, 0.25) is 10.0 Å². The first kappa shape index (κ1) is 23.1. The van der Waals surface area contributed by atoms with Crippen molar-refractivity contribution in [3.8, 4) is 0 Å². The van der Waals surface area contributed by atoms with Crippen LogP contribution < -0.4 is 10.6 Å². The van der Waals surface area contributed by atoms with E-state index in [1.54, 1.807) is 12.1 Å². The number of hydrogen-bond acceptors (Lipinski definition) is 4. The van der Waals surface area contributed by atoms with E-state index in [4.69, 9.17) is 23.2 Å². The van der Waals surface area contributed by atoms with Crippen LogP contribution >= 0.6 is 23.2 Å². The Labute approximate surface area is 187 Å². The number of hydrogen-bond donors (Lipinski definition) is 2. The number of piperidine rings is 1. The van der Waals surface area contributed by atoms with Gasteiger partial charge >= 0.3 is 0 Å². The molecule has 2 heterocycles. The molecule has 2 aromatic rings. The van der Waals surface area contributed by atoms with Gasteiger partial charge in [-0.05, 0) is 38.0 Å². The molecule has 2 N–H and O–H groups in total. The average molecular weight is 470 g/mol. The largest absolute Gasteiger partial charge is 0.351 e. The van der Waals surface area contributed by atoms with Gasteiger partial charge in [0.05, 0.1) is 23.7 Å². The molecule has 0 aliphatic carbocycles. The predicted octanol–water partition coefficient (Wildman–Crippen LogP) is 3.78. The monoisotopic (exact) mass is 469 g/mol. The number of aromatic nitrogens is 1. The lowest BCUT2D eigenvalue weighted by Gasteiger charge is -2.25. The number of halogens is 4. The molecule has 0 spiro atoms. The zero-order valence-electron chi connectivity index (χ0n) is 16.7. The van der Waals surface area contributed by atoms with Crippen LogP contribution in [0.1, 0.15) is 49.3 Å². The molecule has 0 bridgehead atoms. The predicted molar refractivity (Wildman–Crippen MR) is 111 cm³/mol. The third-order valence-electron chi connectivity index (χ3n) is 5.23. The number of benzene rings is 1. The average Bonchev–Trinajstić information content (AvgIpc) is 2.66. The summed E-state index contributed by atoms with van der Waals surface area (Å²) in [6.07, 6.45) is 2.16. The molecule has 1 aromatic heterocycles. The molecule has 164 valence electrons. The SMILES string of the molecule is CC(C)(C(=O)NCc1cc(Cl)c(C2CCC(=O)NC2=O)c(Cl)c1)c1c(F)cncc1F. The normalized spacial score (nSPS) is 16.8. The first-order valence-corrected chi connectivity index (χ1v) is 10.2. The Bertz CT molecular complexity index is 1030. The van der Waals surface area contributed by atoms with E-state index in [0.717, 1.165) is 12.4 Å². The fraction of sp³-hybridized carbons (Fsp3) is 0.333. The molecule has 3 rings (SSSR count). The van der Waals surface area contributed by atoms with Gasteiger partial charge in [0.1, 0.15) is 11.6 Å². The highest BCUT2D eigenvalue weighted by atomic mass is 35.5. The summed E-state index contributed by atoms with van der Waals surface area (Å²) < 4.78 is 28.2. The molecule has 1 atom stereocenters. The van der Waals surface area contributed by atoms with Gasteiger partial charge in [-0.25, -0.2) is 8.78 Å². The van der Waals surface area contributed by atoms with E-state index >= 15 is 0 Å². The van der Waals surface area contributed by atoms with E-state index in [2.05, 4.69) is 15.6 Å². The highest BCUT2D eigenvalue weighted by Gasteiger charge is 2.36. The van der Waals surface area contributed by atoms with Gasteiger partial charge in [0.15, 0.2) is 0 Å². The number of carbonyl (C=O) groups is 3. The molecule has 10 heteroatoms. The van der Waals surface area contributed by atoms with Crippen molar-refractivity contribution in [3.63, 3.8) is 0 Å². The smallest absolute Gasteiger partial charge is 0.234 e. The van der Waals surface area contributed by atoms with Crippen molar-refractivity contribution < 1.29 is 23.2 Å². The molecule has 1 aliphatic heterocycles. The quantitative estimate of drug-likeness (QED) is 0.652. The van der Waals surface area contributed by atoms with Crippen LogP contribution in [0.4, 0.5) is 8.78 Å². The number of nitrogens with zero attached hydrogens (tertiary/aromatic N) is 1. The fourth-order valence-corrected chi connectivity index (χ4v) is 4.36. The van der Waals surface area contributed by atoms with Crippen molar-refractivity contribution in [1.82, 2.24) is 15.6 Å². The summed E-state index contributed by atoms with van der Waals surface area (Å²) in [6.45, 7) is 2.79. The maximum Gasteiger partial charge on any atom is 0.234 e. The molecule has 1 unspecified atom stereocenters. The molecular weight excluding hydrogens is 451 g/mol. The zero-order chi connectivity index (χ0) is 22.9. The fourth-order valence-electron chi connectivity index (χ4n) is 3.57. The van der Waals surface area contributed by atoms with E-state index in [1.165, 1.54) is 13.8 Å². The number of nitrogens with one attached hydrogen (secondary N) is 2. The van der Waals surface area contributed by atoms with Gasteiger partial charge in [0, 0.05) is 34.1 Å². The summed E-state index contributed by atoms with van der Waals surface area (Å²) in [4.78, 5) is 39.6. The molecule has 1 aliphatic rings. The third kappa shape index (κ3) is 4.70. The maximum absolute atomic E-state index is 14.1. The number of carbonyl (C=O) groups excluding carboxylic acids is 3. The molecule has 6 nitrogen and oxygen atoms in total. The highest BCUT2D eigenvalue weighted by Crippen LogP contribution is 2.37. The minimum atomic E-state index is -1.50. The molecule has 1 fully saturated rings. The maximum atomic E-state index is 14.1. The van der Waals surface area contributed by atoms with E-state index in [-0.39, 0.29) is 40.9 Å². The zero-order valence-corrected chi connectivity index (χ0v) is 18.2. The lowest BCUT2D eigenvalue weighted by atomic mass is 9.83. The summed E-state index contributed by atoms with van der Waals surface area (Å²) in [7, 11) is 0. The number of amides is 3. The molecule has 1 saturated heterocycles. The van der Waals surface area contributed by atoms with Gasteiger partial charge < -0.3 is 5.32 Å². The van der Waals surface area contributed by atoms with E-state index in [1.807, 2.05) is 0 Å². The van der Waals surface area contributed by atoms with E-state index in [0.29, 0.717) is 11.1 Å². The minimum absolute atomic E-state index is 0.00828. The second-order valence-electron chi connectivity index (χ2n) is 7.76. The molecule has 0 saturated carbocycles. The number of imide groups is 1. The molecular formula is C21H19Cl2F2N3O3. The lowest BCUT2D eigenvalue weighted by Crippen LogP contribution is -2.41. The van der Waals surface area contributed by atoms with Crippen LogP contribution in [0, 0.1) is 11.6 Å². The molecule has 3 amide bonds. The van der Waals surface area contributed by atoms with Gasteiger partial charge in [-0.2, -0.15) is 0 Å². The van der Waals surface area contributed by atoms with Crippen molar-refractivity contribution in [2.24, 2.45) is 0 Å². The van der Waals surface area contributed by atoms with Crippen molar-refractivity contribution in [2.45, 2.75) is 44.6 Å². The molecule has 0 radical (unpaired) electrons. The van der Waals surface area contributed by atoms with Crippen molar-refractivity contribution >= 4 is 40.9 Å². The van der Waals surface area contributed by atoms with Crippen molar-refractivity contribution in [2.75, 3.05) is 0 Å². The van der Waals surface area contributed by atoms with Crippen LogP contribution in [0.15, 0.2) is 24.5 Å². The number of pyridine rings is 1. The summed E-state index contributed by atoms with van der Waals surface area (Å²) in [5.74, 6) is -3.92. The second kappa shape index (κ2) is 8.88. The van der Waals surface area contributed by atoms with Crippen molar-refractivity contribution in [1.29, 1.82) is 0 Å². The Kier molecular flexibility index (Phi) is 6.62. The summed E-state index contributed by atoms with van der Waals surface area (Å²) in [5, 5.41) is 5.33. The van der Waals surface area contributed by atoms with Crippen LogP contribution in [-0.4, -0.2) is 22.7 Å². The van der Waals surface area contributed by atoms with Gasteiger partial charge in [0.25, 0.3) is 0 Å². The van der Waals surface area contributed by atoms with Gasteiger partial charge in [-0.15, -0.1) is 0 Å². The van der Waals surface area contributed by atoms with E-state index < -0.39 is 34.8 Å². The Morgan fingerprint density at radius 3 is 2.32 bits per heavy atom. The van der Waals surface area contributed by atoms with Crippen LogP contribution in [-0.2, 0) is 26.3 Å². The van der Waals surface area contributed by atoms with Gasteiger partial charge in [0.2, 0.25) is 17.7 Å². The van der Waals surface area contributed by atoms with Crippen LogP contribution in [0.5, 0.6) is 0 Å².